The molecule has 0 saturated carbocycles. The number of nitrogens with zero attached hydrogens (tertiary/aromatic N) is 1. The van der Waals surface area contributed by atoms with Gasteiger partial charge in [0.1, 0.15) is 17.6 Å². The summed E-state index contributed by atoms with van der Waals surface area (Å²) in [7, 11) is 0. The molecule has 1 aromatic heterocycles. The summed E-state index contributed by atoms with van der Waals surface area (Å²) in [5.41, 5.74) is -0.735. The van der Waals surface area contributed by atoms with E-state index in [1.54, 1.807) is 32.9 Å². The molecule has 1 aliphatic heterocycles. The van der Waals surface area contributed by atoms with Crippen molar-refractivity contribution in [2.24, 2.45) is 5.92 Å². The van der Waals surface area contributed by atoms with E-state index in [1.165, 1.54) is 12.1 Å². The van der Waals surface area contributed by atoms with Crippen LogP contribution in [0.3, 0.4) is 0 Å². The number of ketones is 1. The molecule has 8 heteroatoms. The molecule has 1 amide bonds. The minimum Gasteiger partial charge on any atom is -0.503 e. The van der Waals surface area contributed by atoms with Gasteiger partial charge in [-0.05, 0) is 36.8 Å². The first-order valence-corrected chi connectivity index (χ1v) is 9.01. The standard InChI is InChI=1S/C21H20F3NO4/c1-11(2)18(26)16-17(15-8-7-12(3)29-15)25(20(28)19(16)27)10-13-5-4-6-14(9-13)21(22,23)24/h4-9,11,17,27H,10H2,1-3H3. The van der Waals surface area contributed by atoms with Crippen LogP contribution in [0.4, 0.5) is 13.2 Å². The highest BCUT2D eigenvalue weighted by Gasteiger charge is 2.45. The van der Waals surface area contributed by atoms with Gasteiger partial charge in [0.25, 0.3) is 5.91 Å². The van der Waals surface area contributed by atoms with Crippen LogP contribution in [-0.4, -0.2) is 21.7 Å². The number of amides is 1. The molecule has 2 heterocycles. The second kappa shape index (κ2) is 7.42. The van der Waals surface area contributed by atoms with Crippen molar-refractivity contribution in [3.8, 4) is 0 Å². The molecule has 154 valence electrons. The van der Waals surface area contributed by atoms with Gasteiger partial charge in [-0.25, -0.2) is 0 Å². The average molecular weight is 407 g/mol. The van der Waals surface area contributed by atoms with E-state index in [2.05, 4.69) is 0 Å². The van der Waals surface area contributed by atoms with Crippen LogP contribution in [0, 0.1) is 12.8 Å². The third-order valence-corrected chi connectivity index (χ3v) is 4.73. The van der Waals surface area contributed by atoms with Crippen LogP contribution in [0.1, 0.15) is 42.5 Å². The summed E-state index contributed by atoms with van der Waals surface area (Å²) in [5, 5.41) is 10.4. The average Bonchev–Trinajstić information content (AvgIpc) is 3.17. The largest absolute Gasteiger partial charge is 0.503 e. The number of hydrogen-bond acceptors (Lipinski definition) is 4. The Balaban J connectivity index is 2.04. The highest BCUT2D eigenvalue weighted by atomic mass is 19.4. The molecule has 2 aromatic rings. The van der Waals surface area contributed by atoms with E-state index in [9.17, 15) is 27.9 Å². The van der Waals surface area contributed by atoms with Gasteiger partial charge in [0.15, 0.2) is 11.5 Å². The van der Waals surface area contributed by atoms with Gasteiger partial charge >= 0.3 is 6.18 Å². The topological polar surface area (TPSA) is 70.8 Å². The minimum atomic E-state index is -4.53. The number of aliphatic hydroxyl groups excluding tert-OH is 1. The fourth-order valence-corrected chi connectivity index (χ4v) is 3.32. The van der Waals surface area contributed by atoms with Gasteiger partial charge < -0.3 is 14.4 Å². The lowest BCUT2D eigenvalue weighted by Gasteiger charge is -2.25. The minimum absolute atomic E-state index is 0.105. The van der Waals surface area contributed by atoms with Gasteiger partial charge in [-0.3, -0.25) is 9.59 Å². The van der Waals surface area contributed by atoms with Crippen LogP contribution in [0.5, 0.6) is 0 Å². The number of alkyl halides is 3. The Hall–Kier alpha value is -3.03. The molecule has 5 nitrogen and oxygen atoms in total. The van der Waals surface area contributed by atoms with E-state index in [1.807, 2.05) is 0 Å². The second-order valence-corrected chi connectivity index (χ2v) is 7.26. The molecule has 0 spiro atoms. The van der Waals surface area contributed by atoms with E-state index in [4.69, 9.17) is 4.42 Å². The molecule has 0 aliphatic carbocycles. The quantitative estimate of drug-likeness (QED) is 0.778. The van der Waals surface area contributed by atoms with E-state index < -0.39 is 41.1 Å². The molecule has 3 rings (SSSR count). The van der Waals surface area contributed by atoms with Crippen molar-refractivity contribution in [1.29, 1.82) is 0 Å². The number of benzene rings is 1. The summed E-state index contributed by atoms with van der Waals surface area (Å²) in [5.74, 6) is -1.65. The number of aryl methyl sites for hydroxylation is 1. The smallest absolute Gasteiger partial charge is 0.416 e. The number of carbonyl (C=O) groups excluding carboxylic acids is 2. The van der Waals surface area contributed by atoms with Crippen LogP contribution < -0.4 is 0 Å². The van der Waals surface area contributed by atoms with E-state index in [0.717, 1.165) is 17.0 Å². The molecule has 0 saturated heterocycles. The third kappa shape index (κ3) is 3.92. The van der Waals surface area contributed by atoms with Crippen LogP contribution in [0.2, 0.25) is 0 Å². The Morgan fingerprint density at radius 3 is 2.48 bits per heavy atom. The van der Waals surface area contributed by atoms with E-state index >= 15 is 0 Å². The Kier molecular flexibility index (Phi) is 5.30. The van der Waals surface area contributed by atoms with Crippen LogP contribution >= 0.6 is 0 Å². The van der Waals surface area contributed by atoms with Gasteiger partial charge in [-0.2, -0.15) is 13.2 Å². The SMILES string of the molecule is Cc1ccc(C2C(C(=O)C(C)C)=C(O)C(=O)N2Cc2cccc(C(F)(F)F)c2)o1. The molecule has 0 radical (unpaired) electrons. The summed E-state index contributed by atoms with van der Waals surface area (Å²) in [6, 6.07) is 6.79. The fourth-order valence-electron chi connectivity index (χ4n) is 3.32. The zero-order valence-corrected chi connectivity index (χ0v) is 16.1. The number of furan rings is 1. The van der Waals surface area contributed by atoms with Gasteiger partial charge in [-0.15, -0.1) is 0 Å². The van der Waals surface area contributed by atoms with E-state index in [0.29, 0.717) is 5.76 Å². The van der Waals surface area contributed by atoms with E-state index in [-0.39, 0.29) is 23.4 Å². The maximum absolute atomic E-state index is 13.0. The summed E-state index contributed by atoms with van der Waals surface area (Å²) in [6.45, 7) is 4.72. The fraction of sp³-hybridized carbons (Fsp3) is 0.333. The number of rotatable bonds is 5. The first-order valence-electron chi connectivity index (χ1n) is 9.01. The lowest BCUT2D eigenvalue weighted by Crippen LogP contribution is -2.31. The summed E-state index contributed by atoms with van der Waals surface area (Å²) in [4.78, 5) is 26.6. The predicted molar refractivity (Wildman–Crippen MR) is 97.7 cm³/mol. The zero-order chi connectivity index (χ0) is 21.5. The normalized spacial score (nSPS) is 17.6. The van der Waals surface area contributed by atoms with Crippen molar-refractivity contribution >= 4 is 11.7 Å². The maximum atomic E-state index is 13.0. The molecule has 1 aromatic carbocycles. The number of aliphatic hydroxyl groups is 1. The Bertz CT molecular complexity index is 988. The van der Waals surface area contributed by atoms with Crippen LogP contribution in [0.25, 0.3) is 0 Å². The highest BCUT2D eigenvalue weighted by Crippen LogP contribution is 2.40. The highest BCUT2D eigenvalue weighted by molar-refractivity contribution is 6.09. The maximum Gasteiger partial charge on any atom is 0.416 e. The molecular weight excluding hydrogens is 387 g/mol. The monoisotopic (exact) mass is 407 g/mol. The first-order chi connectivity index (χ1) is 13.5. The van der Waals surface area contributed by atoms with Crippen molar-refractivity contribution in [3.05, 3.63) is 70.4 Å². The number of halogens is 3. The summed E-state index contributed by atoms with van der Waals surface area (Å²) < 4.78 is 44.7. The van der Waals surface area contributed by atoms with Gasteiger partial charge in [0.2, 0.25) is 0 Å². The number of Topliss-reactive ketones (excluding diaryl/α,β-unsaturated/α-hetero) is 1. The number of hydrogen-bond donors (Lipinski definition) is 1. The Morgan fingerprint density at radius 1 is 1.24 bits per heavy atom. The molecule has 29 heavy (non-hydrogen) atoms. The lowest BCUT2D eigenvalue weighted by molar-refractivity contribution is -0.137. The van der Waals surface area contributed by atoms with Gasteiger partial charge in [0, 0.05) is 12.5 Å². The Morgan fingerprint density at radius 2 is 1.93 bits per heavy atom. The summed E-state index contributed by atoms with van der Waals surface area (Å²) in [6.07, 6.45) is -4.53. The van der Waals surface area contributed by atoms with Crippen molar-refractivity contribution in [3.63, 3.8) is 0 Å². The van der Waals surface area contributed by atoms with Crippen molar-refractivity contribution in [2.75, 3.05) is 0 Å². The van der Waals surface area contributed by atoms with Crippen molar-refractivity contribution in [2.45, 2.75) is 39.5 Å². The van der Waals surface area contributed by atoms with Crippen molar-refractivity contribution < 1.29 is 32.3 Å². The second-order valence-electron chi connectivity index (χ2n) is 7.26. The first kappa shape index (κ1) is 20.7. The third-order valence-electron chi connectivity index (χ3n) is 4.73. The molecular formula is C21H20F3NO4. The number of carbonyl (C=O) groups is 2. The zero-order valence-electron chi connectivity index (χ0n) is 16.1. The lowest BCUT2D eigenvalue weighted by atomic mass is 9.94. The molecule has 0 fully saturated rings. The Labute approximate surface area is 165 Å². The molecule has 1 unspecified atom stereocenters. The molecule has 1 N–H and O–H groups in total. The molecule has 1 aliphatic rings. The van der Waals surface area contributed by atoms with Crippen LogP contribution in [-0.2, 0) is 22.3 Å². The molecule has 0 bridgehead atoms. The van der Waals surface area contributed by atoms with Gasteiger partial charge in [0.05, 0.1) is 11.1 Å². The van der Waals surface area contributed by atoms with Crippen LogP contribution in [0.15, 0.2) is 52.1 Å². The summed E-state index contributed by atoms with van der Waals surface area (Å²) >= 11 is 0. The predicted octanol–water partition coefficient (Wildman–Crippen LogP) is 4.73. The molecule has 1 atom stereocenters. The van der Waals surface area contributed by atoms with Crippen molar-refractivity contribution in [1.82, 2.24) is 4.90 Å². The van der Waals surface area contributed by atoms with Gasteiger partial charge in [-0.1, -0.05) is 26.0 Å².